The van der Waals surface area contributed by atoms with Gasteiger partial charge in [0, 0.05) is 10.9 Å². The van der Waals surface area contributed by atoms with Gasteiger partial charge in [0.15, 0.2) is 11.5 Å². The maximum atomic E-state index is 6.05. The minimum Gasteiger partial charge on any atom is -0.488 e. The highest BCUT2D eigenvalue weighted by Gasteiger charge is 2.10. The highest BCUT2D eigenvalue weighted by molar-refractivity contribution is 5.91. The van der Waals surface area contributed by atoms with Crippen molar-refractivity contribution < 1.29 is 4.74 Å². The molecule has 0 amide bonds. The van der Waals surface area contributed by atoms with E-state index in [4.69, 9.17) is 9.72 Å². The third-order valence-corrected chi connectivity index (χ3v) is 5.09. The van der Waals surface area contributed by atoms with Gasteiger partial charge < -0.3 is 4.74 Å². The molecule has 0 N–H and O–H groups in total. The molecular weight excluding hydrogens is 360 g/mol. The maximum Gasteiger partial charge on any atom is 0.182 e. The largest absolute Gasteiger partial charge is 0.488 e. The molecule has 3 aromatic carbocycles. The number of aromatic nitrogens is 4. The van der Waals surface area contributed by atoms with Crippen LogP contribution in [-0.2, 0) is 6.61 Å². The molecule has 5 rings (SSSR count). The first-order valence-electron chi connectivity index (χ1n) is 9.57. The van der Waals surface area contributed by atoms with Gasteiger partial charge in [0.1, 0.15) is 18.7 Å². The minimum atomic E-state index is 0.527. The molecule has 0 aliphatic rings. The number of nitrogens with zero attached hydrogens (tertiary/aromatic N) is 4. The first kappa shape index (κ1) is 17.4. The van der Waals surface area contributed by atoms with E-state index in [0.717, 1.165) is 44.6 Å². The van der Waals surface area contributed by atoms with Crippen molar-refractivity contribution in [2.24, 2.45) is 0 Å². The molecule has 0 aliphatic carbocycles. The molecule has 5 nitrogen and oxygen atoms in total. The van der Waals surface area contributed by atoms with E-state index in [9.17, 15) is 0 Å². The van der Waals surface area contributed by atoms with Gasteiger partial charge >= 0.3 is 0 Å². The third kappa shape index (κ3) is 3.21. The number of aryl methyl sites for hydroxylation is 2. The second-order valence-corrected chi connectivity index (χ2v) is 7.17. The molecule has 29 heavy (non-hydrogen) atoms. The zero-order valence-corrected chi connectivity index (χ0v) is 16.3. The summed E-state index contributed by atoms with van der Waals surface area (Å²) in [7, 11) is 0. The summed E-state index contributed by atoms with van der Waals surface area (Å²) in [5, 5.41) is 5.58. The standard InChI is InChI=1S/C24H20N4O/c1-16-6-5-7-17(2)22(16)29-14-18-10-12-19(13-11-18)23-26-24-20-8-3-4-9-21(20)25-15-28(24)27-23/h3-13,15H,14H2,1-2H3. The van der Waals surface area contributed by atoms with E-state index < -0.39 is 0 Å². The fraction of sp³-hybridized carbons (Fsp3) is 0.125. The molecule has 2 heterocycles. The molecule has 0 aliphatic heterocycles. The smallest absolute Gasteiger partial charge is 0.182 e. The first-order valence-corrected chi connectivity index (χ1v) is 9.57. The average Bonchev–Trinajstić information content (AvgIpc) is 3.19. The Kier molecular flexibility index (Phi) is 4.21. The van der Waals surface area contributed by atoms with Crippen LogP contribution in [0.5, 0.6) is 5.75 Å². The number of hydrogen-bond donors (Lipinski definition) is 0. The summed E-state index contributed by atoms with van der Waals surface area (Å²) in [4.78, 5) is 9.18. The number of rotatable bonds is 4. The van der Waals surface area contributed by atoms with Crippen LogP contribution in [0, 0.1) is 13.8 Å². The lowest BCUT2D eigenvalue weighted by Crippen LogP contribution is -1.98. The van der Waals surface area contributed by atoms with Gasteiger partial charge in [-0.05, 0) is 42.7 Å². The summed E-state index contributed by atoms with van der Waals surface area (Å²) < 4.78 is 7.78. The number of hydrogen-bond acceptors (Lipinski definition) is 4. The molecule has 0 bridgehead atoms. The Hall–Kier alpha value is -3.73. The SMILES string of the molecule is Cc1cccc(C)c1OCc1ccc(-c2nc3c4ccccc4ncn3n2)cc1. The lowest BCUT2D eigenvalue weighted by atomic mass is 10.1. The van der Waals surface area contributed by atoms with Crippen molar-refractivity contribution >= 4 is 16.6 Å². The normalized spacial score (nSPS) is 11.2. The van der Waals surface area contributed by atoms with Crippen molar-refractivity contribution in [2.75, 3.05) is 0 Å². The Morgan fingerprint density at radius 3 is 2.41 bits per heavy atom. The van der Waals surface area contributed by atoms with Gasteiger partial charge in [-0.3, -0.25) is 0 Å². The second kappa shape index (κ2) is 7.02. The third-order valence-electron chi connectivity index (χ3n) is 5.09. The van der Waals surface area contributed by atoms with E-state index >= 15 is 0 Å². The highest BCUT2D eigenvalue weighted by Crippen LogP contribution is 2.25. The van der Waals surface area contributed by atoms with E-state index in [1.807, 2.05) is 42.5 Å². The minimum absolute atomic E-state index is 0.527. The number of benzene rings is 3. The van der Waals surface area contributed by atoms with Crippen LogP contribution in [0.2, 0.25) is 0 Å². The molecule has 0 atom stereocenters. The van der Waals surface area contributed by atoms with Gasteiger partial charge in [0.2, 0.25) is 0 Å². The summed E-state index contributed by atoms with van der Waals surface area (Å²) in [6.07, 6.45) is 1.71. The zero-order chi connectivity index (χ0) is 19.8. The van der Waals surface area contributed by atoms with E-state index in [0.29, 0.717) is 12.4 Å². The number of ether oxygens (including phenoxy) is 1. The Morgan fingerprint density at radius 2 is 1.62 bits per heavy atom. The summed E-state index contributed by atoms with van der Waals surface area (Å²) in [6, 6.07) is 22.3. The van der Waals surface area contributed by atoms with Gasteiger partial charge in [-0.1, -0.05) is 54.6 Å². The monoisotopic (exact) mass is 380 g/mol. The van der Waals surface area contributed by atoms with Gasteiger partial charge in [-0.2, -0.15) is 0 Å². The topological polar surface area (TPSA) is 52.3 Å². The summed E-state index contributed by atoms with van der Waals surface area (Å²) in [6.45, 7) is 4.66. The Balaban J connectivity index is 1.41. The average molecular weight is 380 g/mol. The summed E-state index contributed by atoms with van der Waals surface area (Å²) in [5.74, 6) is 1.64. The van der Waals surface area contributed by atoms with E-state index in [1.165, 1.54) is 0 Å². The Labute approximate surface area is 168 Å². The Bertz CT molecular complexity index is 1300. The predicted molar refractivity (Wildman–Crippen MR) is 114 cm³/mol. The van der Waals surface area contributed by atoms with E-state index in [1.54, 1.807) is 10.8 Å². The lowest BCUT2D eigenvalue weighted by molar-refractivity contribution is 0.302. The van der Waals surface area contributed by atoms with Crippen molar-refractivity contribution in [3.8, 4) is 17.1 Å². The molecule has 0 saturated heterocycles. The predicted octanol–water partition coefficient (Wildman–Crippen LogP) is 5.14. The molecule has 0 spiro atoms. The molecule has 0 saturated carbocycles. The van der Waals surface area contributed by atoms with E-state index in [2.05, 4.69) is 48.2 Å². The van der Waals surface area contributed by atoms with Gasteiger partial charge in [0.25, 0.3) is 0 Å². The first-order chi connectivity index (χ1) is 14.2. The highest BCUT2D eigenvalue weighted by atomic mass is 16.5. The van der Waals surface area contributed by atoms with E-state index in [-0.39, 0.29) is 0 Å². The van der Waals surface area contributed by atoms with Crippen molar-refractivity contribution in [2.45, 2.75) is 20.5 Å². The van der Waals surface area contributed by atoms with Crippen LogP contribution in [0.3, 0.4) is 0 Å². The zero-order valence-electron chi connectivity index (χ0n) is 16.3. The summed E-state index contributed by atoms with van der Waals surface area (Å²) in [5.41, 5.74) is 6.10. The van der Waals surface area contributed by atoms with Crippen molar-refractivity contribution in [1.82, 2.24) is 19.6 Å². The quantitative estimate of drug-likeness (QED) is 0.433. The number of para-hydroxylation sites is 2. The molecule has 0 radical (unpaired) electrons. The number of fused-ring (bicyclic) bond motifs is 3. The molecule has 142 valence electrons. The molecular formula is C24H20N4O. The van der Waals surface area contributed by atoms with Crippen molar-refractivity contribution in [1.29, 1.82) is 0 Å². The lowest BCUT2D eigenvalue weighted by Gasteiger charge is -2.12. The van der Waals surface area contributed by atoms with Crippen LogP contribution >= 0.6 is 0 Å². The molecule has 0 fully saturated rings. The van der Waals surface area contributed by atoms with Gasteiger partial charge in [-0.25, -0.2) is 14.5 Å². The molecule has 5 heteroatoms. The summed E-state index contributed by atoms with van der Waals surface area (Å²) >= 11 is 0. The van der Waals surface area contributed by atoms with Crippen LogP contribution in [0.15, 0.2) is 73.1 Å². The Morgan fingerprint density at radius 1 is 0.862 bits per heavy atom. The van der Waals surface area contributed by atoms with Gasteiger partial charge in [0.05, 0.1) is 5.52 Å². The fourth-order valence-electron chi connectivity index (χ4n) is 3.53. The van der Waals surface area contributed by atoms with Crippen LogP contribution in [0.4, 0.5) is 0 Å². The van der Waals surface area contributed by atoms with Gasteiger partial charge in [-0.15, -0.1) is 5.10 Å². The van der Waals surface area contributed by atoms with Crippen molar-refractivity contribution in [3.05, 3.63) is 89.7 Å². The van der Waals surface area contributed by atoms with Crippen LogP contribution < -0.4 is 4.74 Å². The molecule has 5 aromatic rings. The second-order valence-electron chi connectivity index (χ2n) is 7.17. The maximum absolute atomic E-state index is 6.05. The van der Waals surface area contributed by atoms with Crippen LogP contribution in [0.1, 0.15) is 16.7 Å². The fourth-order valence-corrected chi connectivity index (χ4v) is 3.53. The molecule has 0 unspecified atom stereocenters. The van der Waals surface area contributed by atoms with Crippen LogP contribution in [-0.4, -0.2) is 19.6 Å². The van der Waals surface area contributed by atoms with Crippen molar-refractivity contribution in [3.63, 3.8) is 0 Å². The molecule has 2 aromatic heterocycles. The van der Waals surface area contributed by atoms with Crippen LogP contribution in [0.25, 0.3) is 27.9 Å².